The van der Waals surface area contributed by atoms with Gasteiger partial charge in [0.05, 0.1) is 11.1 Å². The molecule has 5 nitrogen and oxygen atoms in total. The van der Waals surface area contributed by atoms with Crippen LogP contribution in [0.3, 0.4) is 0 Å². The van der Waals surface area contributed by atoms with Crippen molar-refractivity contribution in [2.45, 2.75) is 18.4 Å². The monoisotopic (exact) mass is 398 g/mol. The van der Waals surface area contributed by atoms with Crippen molar-refractivity contribution in [3.05, 3.63) is 95.3 Å². The summed E-state index contributed by atoms with van der Waals surface area (Å²) < 4.78 is 42.8. The van der Waals surface area contributed by atoms with Crippen LogP contribution in [0.1, 0.15) is 16.7 Å². The number of aryl methyl sites for hydroxylation is 1. The summed E-state index contributed by atoms with van der Waals surface area (Å²) in [7, 11) is -3.70. The van der Waals surface area contributed by atoms with Gasteiger partial charge in [-0.2, -0.15) is 13.5 Å². The first-order valence-corrected chi connectivity index (χ1v) is 9.99. The third-order valence-electron chi connectivity index (χ3n) is 3.92. The molecule has 0 heterocycles. The lowest BCUT2D eigenvalue weighted by atomic mass is 10.2. The number of hydrazone groups is 1. The first-order chi connectivity index (χ1) is 13.4. The fraction of sp³-hybridized carbons (Fsp3) is 0.0952. The molecule has 144 valence electrons. The number of halogens is 1. The topological polar surface area (TPSA) is 67.8 Å². The van der Waals surface area contributed by atoms with Crippen LogP contribution >= 0.6 is 0 Å². The molecule has 0 aliphatic rings. The van der Waals surface area contributed by atoms with Gasteiger partial charge < -0.3 is 4.74 Å². The van der Waals surface area contributed by atoms with Crippen molar-refractivity contribution in [3.8, 4) is 5.75 Å². The van der Waals surface area contributed by atoms with Gasteiger partial charge in [-0.15, -0.1) is 0 Å². The molecule has 28 heavy (non-hydrogen) atoms. The van der Waals surface area contributed by atoms with E-state index in [1.54, 1.807) is 48.5 Å². The highest BCUT2D eigenvalue weighted by Crippen LogP contribution is 2.14. The molecule has 3 aromatic rings. The molecule has 1 N–H and O–H groups in total. The van der Waals surface area contributed by atoms with Crippen LogP contribution in [0.15, 0.2) is 82.8 Å². The summed E-state index contributed by atoms with van der Waals surface area (Å²) in [6, 6.07) is 19.6. The van der Waals surface area contributed by atoms with Gasteiger partial charge in [-0.05, 0) is 66.6 Å². The van der Waals surface area contributed by atoms with E-state index in [0.29, 0.717) is 17.9 Å². The summed E-state index contributed by atoms with van der Waals surface area (Å²) in [4.78, 5) is 2.34. The Balaban J connectivity index is 1.56. The molecule has 0 spiro atoms. The van der Waals surface area contributed by atoms with E-state index in [1.165, 1.54) is 30.5 Å². The number of nitrogens with one attached hydrogen (secondary N) is 1. The molecule has 0 saturated heterocycles. The summed E-state index contributed by atoms with van der Waals surface area (Å²) >= 11 is 0. The molecule has 0 radical (unpaired) electrons. The van der Waals surface area contributed by atoms with Crippen molar-refractivity contribution in [3.63, 3.8) is 0 Å². The van der Waals surface area contributed by atoms with Gasteiger partial charge in [0.2, 0.25) is 0 Å². The minimum Gasteiger partial charge on any atom is -0.489 e. The Labute approximate surface area is 163 Å². The summed E-state index contributed by atoms with van der Waals surface area (Å²) in [5, 5.41) is 3.80. The van der Waals surface area contributed by atoms with Crippen molar-refractivity contribution in [1.29, 1.82) is 0 Å². The fourth-order valence-corrected chi connectivity index (χ4v) is 3.13. The molecule has 0 atom stereocenters. The zero-order valence-electron chi connectivity index (χ0n) is 15.2. The highest BCUT2D eigenvalue weighted by molar-refractivity contribution is 7.89. The number of rotatable bonds is 7. The van der Waals surface area contributed by atoms with Crippen molar-refractivity contribution < 1.29 is 17.5 Å². The van der Waals surface area contributed by atoms with Crippen LogP contribution in [0.2, 0.25) is 0 Å². The molecule has 0 aromatic heterocycles. The minimum atomic E-state index is -3.70. The van der Waals surface area contributed by atoms with E-state index < -0.39 is 10.0 Å². The summed E-state index contributed by atoms with van der Waals surface area (Å²) in [6.07, 6.45) is 1.41. The highest BCUT2D eigenvalue weighted by Gasteiger charge is 2.11. The zero-order chi connectivity index (χ0) is 20.0. The molecule has 0 fully saturated rings. The van der Waals surface area contributed by atoms with Crippen LogP contribution in [0.25, 0.3) is 0 Å². The first-order valence-electron chi connectivity index (χ1n) is 8.51. The highest BCUT2D eigenvalue weighted by atomic mass is 32.2. The molecule has 0 saturated carbocycles. The largest absolute Gasteiger partial charge is 0.489 e. The minimum absolute atomic E-state index is 0.153. The van der Waals surface area contributed by atoms with E-state index >= 15 is 0 Å². The summed E-state index contributed by atoms with van der Waals surface area (Å²) in [6.45, 7) is 2.21. The van der Waals surface area contributed by atoms with E-state index in [-0.39, 0.29) is 10.7 Å². The Bertz CT molecular complexity index is 1050. The van der Waals surface area contributed by atoms with Crippen LogP contribution in [-0.4, -0.2) is 14.6 Å². The van der Waals surface area contributed by atoms with Crippen molar-refractivity contribution >= 4 is 16.2 Å². The Kier molecular flexibility index (Phi) is 6.06. The van der Waals surface area contributed by atoms with Crippen LogP contribution in [0.4, 0.5) is 4.39 Å². The number of hydrogen-bond donors (Lipinski definition) is 1. The predicted octanol–water partition coefficient (Wildman–Crippen LogP) is 4.03. The second kappa shape index (κ2) is 8.67. The molecule has 0 bridgehead atoms. The van der Waals surface area contributed by atoms with Gasteiger partial charge >= 0.3 is 0 Å². The molecular formula is C21H19FN2O3S. The lowest BCUT2D eigenvalue weighted by molar-refractivity contribution is 0.306. The average molecular weight is 398 g/mol. The number of benzene rings is 3. The maximum absolute atomic E-state index is 12.9. The third-order valence-corrected chi connectivity index (χ3v) is 5.16. The second-order valence-corrected chi connectivity index (χ2v) is 7.81. The van der Waals surface area contributed by atoms with Gasteiger partial charge in [-0.1, -0.05) is 29.8 Å². The smallest absolute Gasteiger partial charge is 0.276 e. The van der Waals surface area contributed by atoms with Gasteiger partial charge in [-0.3, -0.25) is 0 Å². The Morgan fingerprint density at radius 3 is 2.25 bits per heavy atom. The fourth-order valence-electron chi connectivity index (χ4n) is 2.34. The SMILES string of the molecule is Cc1ccc(S(=O)(=O)N/N=C\c2ccc(OCc3ccc(F)cc3)cc2)cc1. The molecule has 3 aromatic carbocycles. The van der Waals surface area contributed by atoms with Crippen molar-refractivity contribution in [1.82, 2.24) is 4.83 Å². The van der Waals surface area contributed by atoms with Gasteiger partial charge in [0, 0.05) is 0 Å². The van der Waals surface area contributed by atoms with Crippen LogP contribution in [0.5, 0.6) is 5.75 Å². The van der Waals surface area contributed by atoms with Crippen LogP contribution in [0, 0.1) is 12.7 Å². The van der Waals surface area contributed by atoms with Gasteiger partial charge in [-0.25, -0.2) is 9.22 Å². The molecule has 0 unspecified atom stereocenters. The summed E-state index contributed by atoms with van der Waals surface area (Å²) in [5.41, 5.74) is 2.54. The summed E-state index contributed by atoms with van der Waals surface area (Å²) in [5.74, 6) is 0.354. The van der Waals surface area contributed by atoms with Gasteiger partial charge in [0.25, 0.3) is 10.0 Å². The van der Waals surface area contributed by atoms with E-state index in [2.05, 4.69) is 9.93 Å². The van der Waals surface area contributed by atoms with Crippen molar-refractivity contribution in [2.24, 2.45) is 5.10 Å². The molecule has 0 aliphatic carbocycles. The number of ether oxygens (including phenoxy) is 1. The van der Waals surface area contributed by atoms with Crippen LogP contribution < -0.4 is 9.57 Å². The van der Waals surface area contributed by atoms with E-state index in [1.807, 2.05) is 6.92 Å². The van der Waals surface area contributed by atoms with Gasteiger partial charge in [0.15, 0.2) is 0 Å². The Hall–Kier alpha value is -3.19. The number of hydrogen-bond acceptors (Lipinski definition) is 4. The lowest BCUT2D eigenvalue weighted by Gasteiger charge is -2.06. The van der Waals surface area contributed by atoms with E-state index in [9.17, 15) is 12.8 Å². The maximum Gasteiger partial charge on any atom is 0.276 e. The molecule has 0 aliphatic heterocycles. The Morgan fingerprint density at radius 1 is 0.964 bits per heavy atom. The zero-order valence-corrected chi connectivity index (χ0v) is 16.0. The first kappa shape index (κ1) is 19.6. The third kappa shape index (κ3) is 5.40. The molecular weight excluding hydrogens is 379 g/mol. The van der Waals surface area contributed by atoms with Gasteiger partial charge in [0.1, 0.15) is 18.2 Å². The Morgan fingerprint density at radius 2 is 1.61 bits per heavy atom. The lowest BCUT2D eigenvalue weighted by Crippen LogP contribution is -2.18. The second-order valence-electron chi connectivity index (χ2n) is 6.15. The van der Waals surface area contributed by atoms with E-state index in [4.69, 9.17) is 4.74 Å². The normalized spacial score (nSPS) is 11.5. The molecule has 7 heteroatoms. The number of nitrogens with zero attached hydrogens (tertiary/aromatic N) is 1. The maximum atomic E-state index is 12.9. The number of sulfonamides is 1. The molecule has 0 amide bonds. The van der Waals surface area contributed by atoms with E-state index in [0.717, 1.165) is 11.1 Å². The standard InChI is InChI=1S/C21H19FN2O3S/c1-16-2-12-21(13-3-16)28(25,26)24-23-14-17-6-10-20(11-7-17)27-15-18-4-8-19(22)9-5-18/h2-14,24H,15H2,1H3/b23-14-. The van der Waals surface area contributed by atoms with Crippen molar-refractivity contribution in [2.75, 3.05) is 0 Å². The predicted molar refractivity (Wildman–Crippen MR) is 106 cm³/mol. The molecule has 3 rings (SSSR count). The average Bonchev–Trinajstić information content (AvgIpc) is 2.69. The quantitative estimate of drug-likeness (QED) is 0.483. The van der Waals surface area contributed by atoms with Crippen LogP contribution in [-0.2, 0) is 16.6 Å².